The van der Waals surface area contributed by atoms with E-state index in [1.54, 1.807) is 0 Å². The summed E-state index contributed by atoms with van der Waals surface area (Å²) in [5, 5.41) is 5.38. The van der Waals surface area contributed by atoms with Crippen LogP contribution in [0.1, 0.15) is 17.2 Å². The number of pyridine rings is 1. The van der Waals surface area contributed by atoms with Gasteiger partial charge in [0.25, 0.3) is 0 Å². The monoisotopic (exact) mass is 296 g/mol. The van der Waals surface area contributed by atoms with E-state index in [-0.39, 0.29) is 6.04 Å². The summed E-state index contributed by atoms with van der Waals surface area (Å²) < 4.78 is 0. The first kappa shape index (κ1) is 14.1. The number of hydrogen-bond donors (Lipinski definition) is 1. The Balaban J connectivity index is 1.98. The highest BCUT2D eigenvalue weighted by molar-refractivity contribution is 6.30. The molecule has 2 aromatic carbocycles. The first-order chi connectivity index (χ1) is 10.3. The fraction of sp³-hybridized carbons (Fsp3) is 0.167. The minimum atomic E-state index is 0.233. The van der Waals surface area contributed by atoms with Gasteiger partial charge in [0.2, 0.25) is 0 Å². The second-order valence-corrected chi connectivity index (χ2v) is 5.53. The molecule has 1 unspecified atom stereocenters. The Morgan fingerprint density at radius 2 is 1.95 bits per heavy atom. The molecule has 1 aromatic heterocycles. The lowest BCUT2D eigenvalue weighted by Gasteiger charge is -2.18. The maximum Gasteiger partial charge on any atom is 0.0705 e. The van der Waals surface area contributed by atoms with Crippen molar-refractivity contribution in [2.45, 2.75) is 12.5 Å². The molecule has 0 radical (unpaired) electrons. The molecule has 106 valence electrons. The molecule has 0 saturated carbocycles. The molecule has 0 saturated heterocycles. The summed E-state index contributed by atoms with van der Waals surface area (Å²) in [6.45, 7) is 0. The SMILES string of the molecule is CNC(Cc1cccc(Cl)c1)c1ccnc2ccccc12. The number of hydrogen-bond acceptors (Lipinski definition) is 2. The van der Waals surface area contributed by atoms with Crippen molar-refractivity contribution in [1.82, 2.24) is 10.3 Å². The lowest BCUT2D eigenvalue weighted by atomic mass is 9.96. The zero-order valence-corrected chi connectivity index (χ0v) is 12.6. The minimum Gasteiger partial charge on any atom is -0.313 e. The van der Waals surface area contributed by atoms with Gasteiger partial charge in [0.05, 0.1) is 5.52 Å². The van der Waals surface area contributed by atoms with E-state index in [1.807, 2.05) is 43.6 Å². The molecule has 0 aliphatic carbocycles. The van der Waals surface area contributed by atoms with Crippen LogP contribution >= 0.6 is 11.6 Å². The second kappa shape index (κ2) is 6.25. The molecule has 2 nitrogen and oxygen atoms in total. The summed E-state index contributed by atoms with van der Waals surface area (Å²) in [6.07, 6.45) is 2.77. The van der Waals surface area contributed by atoms with Crippen LogP contribution < -0.4 is 5.32 Å². The highest BCUT2D eigenvalue weighted by Gasteiger charge is 2.13. The third-order valence-corrected chi connectivity index (χ3v) is 3.97. The summed E-state index contributed by atoms with van der Waals surface area (Å²) in [7, 11) is 1.99. The number of aromatic nitrogens is 1. The maximum absolute atomic E-state index is 6.08. The van der Waals surface area contributed by atoms with Crippen LogP contribution in [0.15, 0.2) is 60.8 Å². The summed E-state index contributed by atoms with van der Waals surface area (Å²) >= 11 is 6.08. The van der Waals surface area contributed by atoms with Gasteiger partial charge in [-0.2, -0.15) is 0 Å². The van der Waals surface area contributed by atoms with Crippen molar-refractivity contribution in [3.63, 3.8) is 0 Å². The maximum atomic E-state index is 6.08. The molecule has 0 fully saturated rings. The summed E-state index contributed by atoms with van der Waals surface area (Å²) in [5.74, 6) is 0. The van der Waals surface area contributed by atoms with Crippen molar-refractivity contribution in [2.75, 3.05) is 7.05 Å². The van der Waals surface area contributed by atoms with Crippen LogP contribution in [0, 0.1) is 0 Å². The Morgan fingerprint density at radius 1 is 1.10 bits per heavy atom. The fourth-order valence-corrected chi connectivity index (χ4v) is 2.90. The van der Waals surface area contributed by atoms with Gasteiger partial charge in [-0.1, -0.05) is 41.9 Å². The van der Waals surface area contributed by atoms with E-state index in [4.69, 9.17) is 11.6 Å². The number of likely N-dealkylation sites (N-methyl/N-ethyl adjacent to an activating group) is 1. The van der Waals surface area contributed by atoms with Gasteiger partial charge in [-0.25, -0.2) is 0 Å². The van der Waals surface area contributed by atoms with E-state index in [9.17, 15) is 0 Å². The van der Waals surface area contributed by atoms with Crippen LogP contribution in [-0.4, -0.2) is 12.0 Å². The largest absolute Gasteiger partial charge is 0.313 e. The quantitative estimate of drug-likeness (QED) is 0.772. The van der Waals surface area contributed by atoms with E-state index >= 15 is 0 Å². The highest BCUT2D eigenvalue weighted by Crippen LogP contribution is 2.26. The van der Waals surface area contributed by atoms with Gasteiger partial charge in [0.15, 0.2) is 0 Å². The van der Waals surface area contributed by atoms with Crippen LogP contribution in [0.2, 0.25) is 5.02 Å². The third-order valence-electron chi connectivity index (χ3n) is 3.74. The van der Waals surface area contributed by atoms with Crippen LogP contribution in [0.4, 0.5) is 0 Å². The molecule has 1 atom stereocenters. The fourth-order valence-electron chi connectivity index (χ4n) is 2.69. The molecule has 1 N–H and O–H groups in total. The molecule has 3 aromatic rings. The van der Waals surface area contributed by atoms with Crippen LogP contribution in [-0.2, 0) is 6.42 Å². The van der Waals surface area contributed by atoms with Gasteiger partial charge in [0, 0.05) is 22.6 Å². The van der Waals surface area contributed by atoms with Crippen molar-refractivity contribution in [3.05, 3.63) is 76.9 Å². The molecule has 1 heterocycles. The van der Waals surface area contributed by atoms with E-state index in [0.717, 1.165) is 17.0 Å². The van der Waals surface area contributed by atoms with E-state index in [1.165, 1.54) is 16.5 Å². The Labute approximate surface area is 129 Å². The Hall–Kier alpha value is -1.90. The minimum absolute atomic E-state index is 0.233. The van der Waals surface area contributed by atoms with Crippen molar-refractivity contribution in [2.24, 2.45) is 0 Å². The molecule has 0 bridgehead atoms. The average molecular weight is 297 g/mol. The standard InChI is InChI=1S/C18H17ClN2/c1-20-18(12-13-5-4-6-14(19)11-13)16-9-10-21-17-8-3-2-7-15(16)17/h2-11,18,20H,12H2,1H3. The van der Waals surface area contributed by atoms with E-state index < -0.39 is 0 Å². The van der Waals surface area contributed by atoms with E-state index in [0.29, 0.717) is 0 Å². The van der Waals surface area contributed by atoms with Gasteiger partial charge >= 0.3 is 0 Å². The zero-order chi connectivity index (χ0) is 14.7. The number of fused-ring (bicyclic) bond motifs is 1. The van der Waals surface area contributed by atoms with Gasteiger partial charge in [-0.3, -0.25) is 4.98 Å². The predicted molar refractivity (Wildman–Crippen MR) is 88.7 cm³/mol. The molecule has 0 amide bonds. The highest BCUT2D eigenvalue weighted by atomic mass is 35.5. The summed E-state index contributed by atoms with van der Waals surface area (Å²) in [5.41, 5.74) is 3.52. The Morgan fingerprint density at radius 3 is 2.76 bits per heavy atom. The molecule has 0 spiro atoms. The Kier molecular flexibility index (Phi) is 4.18. The average Bonchev–Trinajstić information content (AvgIpc) is 2.52. The second-order valence-electron chi connectivity index (χ2n) is 5.09. The molecular formula is C18H17ClN2. The van der Waals surface area contributed by atoms with Crippen LogP contribution in [0.5, 0.6) is 0 Å². The van der Waals surface area contributed by atoms with Gasteiger partial charge in [-0.05, 0) is 48.9 Å². The smallest absolute Gasteiger partial charge is 0.0705 e. The number of benzene rings is 2. The van der Waals surface area contributed by atoms with Gasteiger partial charge in [-0.15, -0.1) is 0 Å². The molecule has 3 heteroatoms. The van der Waals surface area contributed by atoms with Crippen molar-refractivity contribution >= 4 is 22.5 Å². The Bertz CT molecular complexity index is 750. The van der Waals surface area contributed by atoms with Crippen molar-refractivity contribution in [3.8, 4) is 0 Å². The normalized spacial score (nSPS) is 12.5. The molecule has 0 aliphatic heterocycles. The zero-order valence-electron chi connectivity index (χ0n) is 11.9. The molecule has 3 rings (SSSR count). The van der Waals surface area contributed by atoms with Crippen molar-refractivity contribution < 1.29 is 0 Å². The van der Waals surface area contributed by atoms with Gasteiger partial charge < -0.3 is 5.32 Å². The first-order valence-corrected chi connectivity index (χ1v) is 7.41. The van der Waals surface area contributed by atoms with Crippen molar-refractivity contribution in [1.29, 1.82) is 0 Å². The first-order valence-electron chi connectivity index (χ1n) is 7.03. The molecular weight excluding hydrogens is 280 g/mol. The topological polar surface area (TPSA) is 24.9 Å². The predicted octanol–water partition coefficient (Wildman–Crippen LogP) is 4.39. The molecule has 21 heavy (non-hydrogen) atoms. The summed E-state index contributed by atoms with van der Waals surface area (Å²) in [6, 6.07) is 18.6. The summed E-state index contributed by atoms with van der Waals surface area (Å²) in [4.78, 5) is 4.43. The molecule has 0 aliphatic rings. The van der Waals surface area contributed by atoms with Crippen LogP contribution in [0.3, 0.4) is 0 Å². The lowest BCUT2D eigenvalue weighted by molar-refractivity contribution is 0.596. The van der Waals surface area contributed by atoms with Gasteiger partial charge in [0.1, 0.15) is 0 Å². The van der Waals surface area contributed by atoms with E-state index in [2.05, 4.69) is 34.6 Å². The van der Waals surface area contributed by atoms with Crippen LogP contribution in [0.25, 0.3) is 10.9 Å². The number of para-hydroxylation sites is 1. The number of halogens is 1. The number of nitrogens with one attached hydrogen (secondary N) is 1. The number of nitrogens with zero attached hydrogens (tertiary/aromatic N) is 1. The number of rotatable bonds is 4. The lowest BCUT2D eigenvalue weighted by Crippen LogP contribution is -2.19. The third kappa shape index (κ3) is 3.07.